The monoisotopic (exact) mass is 365 g/mol. The van der Waals surface area contributed by atoms with Gasteiger partial charge < -0.3 is 9.47 Å². The lowest BCUT2D eigenvalue weighted by Gasteiger charge is -2.19. The number of rotatable bonds is 6. The van der Waals surface area contributed by atoms with Crippen molar-refractivity contribution < 1.29 is 14.4 Å². The van der Waals surface area contributed by atoms with E-state index in [0.29, 0.717) is 16.5 Å². The molecule has 0 N–H and O–H groups in total. The number of ether oxygens (including phenoxy) is 2. The molecule has 7 heteroatoms. The number of hydrogen-bond acceptors (Lipinski definition) is 5. The van der Waals surface area contributed by atoms with Gasteiger partial charge in [-0.05, 0) is 42.4 Å². The first kappa shape index (κ1) is 17.1. The third-order valence-electron chi connectivity index (χ3n) is 3.69. The minimum atomic E-state index is -0.345. The summed E-state index contributed by atoms with van der Waals surface area (Å²) in [7, 11) is 0. The molecule has 24 heavy (non-hydrogen) atoms. The van der Waals surface area contributed by atoms with Crippen molar-refractivity contribution >= 4 is 29.1 Å². The van der Waals surface area contributed by atoms with Gasteiger partial charge in [0.05, 0.1) is 16.4 Å². The molecule has 0 aliphatic carbocycles. The Morgan fingerprint density at radius 1 is 1.29 bits per heavy atom. The van der Waals surface area contributed by atoms with Crippen molar-refractivity contribution in [1.82, 2.24) is 0 Å². The summed E-state index contributed by atoms with van der Waals surface area (Å²) in [6, 6.07) is 10.7. The molecule has 0 radical (unpaired) electrons. The van der Waals surface area contributed by atoms with Crippen LogP contribution in [-0.4, -0.2) is 17.5 Å². The molecular weight excluding hydrogens is 350 g/mol. The van der Waals surface area contributed by atoms with E-state index < -0.39 is 0 Å². The summed E-state index contributed by atoms with van der Waals surface area (Å²) in [5.74, 6) is 1.61. The number of thioether (sulfide) groups is 1. The molecule has 3 rings (SSSR count). The number of benzene rings is 2. The molecule has 126 valence electrons. The smallest absolute Gasteiger partial charge is 0.282 e. The van der Waals surface area contributed by atoms with E-state index in [9.17, 15) is 10.1 Å². The SMILES string of the molecule is O=[N+]([O-])c1ccccc1SCCCc1cc2c(cc1Cl)COCO2. The second kappa shape index (κ2) is 7.88. The highest BCUT2D eigenvalue weighted by Gasteiger charge is 2.15. The largest absolute Gasteiger partial charge is 0.467 e. The van der Waals surface area contributed by atoms with Gasteiger partial charge in [0.1, 0.15) is 5.75 Å². The van der Waals surface area contributed by atoms with Gasteiger partial charge in [-0.15, -0.1) is 11.8 Å². The Bertz CT molecular complexity index is 753. The summed E-state index contributed by atoms with van der Waals surface area (Å²) in [6.07, 6.45) is 1.66. The van der Waals surface area contributed by atoms with E-state index in [1.54, 1.807) is 12.1 Å². The van der Waals surface area contributed by atoms with Gasteiger partial charge in [-0.25, -0.2) is 0 Å². The van der Waals surface area contributed by atoms with Crippen LogP contribution in [0.5, 0.6) is 5.75 Å². The Hall–Kier alpha value is -1.76. The number of aryl methyl sites for hydroxylation is 1. The zero-order valence-electron chi connectivity index (χ0n) is 12.9. The second-order valence-electron chi connectivity index (χ2n) is 5.34. The lowest BCUT2D eigenvalue weighted by Crippen LogP contribution is -2.11. The first-order valence-electron chi connectivity index (χ1n) is 7.53. The molecule has 1 aliphatic rings. The number of fused-ring (bicyclic) bond motifs is 1. The van der Waals surface area contributed by atoms with Gasteiger partial charge in [0.25, 0.3) is 5.69 Å². The summed E-state index contributed by atoms with van der Waals surface area (Å²) in [6.45, 7) is 0.782. The lowest BCUT2D eigenvalue weighted by molar-refractivity contribution is -0.387. The molecule has 2 aromatic rings. The topological polar surface area (TPSA) is 61.6 Å². The normalized spacial score (nSPS) is 13.2. The third-order valence-corrected chi connectivity index (χ3v) is 5.20. The van der Waals surface area contributed by atoms with E-state index in [-0.39, 0.29) is 17.4 Å². The highest BCUT2D eigenvalue weighted by Crippen LogP contribution is 2.32. The van der Waals surface area contributed by atoms with Crippen LogP contribution in [0, 0.1) is 10.1 Å². The van der Waals surface area contributed by atoms with Crippen molar-refractivity contribution in [2.75, 3.05) is 12.5 Å². The molecule has 0 atom stereocenters. The van der Waals surface area contributed by atoms with E-state index >= 15 is 0 Å². The van der Waals surface area contributed by atoms with Crippen LogP contribution in [0.3, 0.4) is 0 Å². The van der Waals surface area contributed by atoms with Crippen molar-refractivity contribution in [3.63, 3.8) is 0 Å². The fourth-order valence-corrected chi connectivity index (χ4v) is 3.76. The Morgan fingerprint density at radius 2 is 2.12 bits per heavy atom. The van der Waals surface area contributed by atoms with Crippen LogP contribution in [-0.2, 0) is 17.8 Å². The van der Waals surface area contributed by atoms with Gasteiger partial charge in [0, 0.05) is 16.7 Å². The molecule has 0 bridgehead atoms. The van der Waals surface area contributed by atoms with Crippen molar-refractivity contribution in [2.24, 2.45) is 0 Å². The number of nitro benzene ring substituents is 1. The van der Waals surface area contributed by atoms with E-state index in [1.165, 1.54) is 17.8 Å². The summed E-state index contributed by atoms with van der Waals surface area (Å²) < 4.78 is 10.7. The maximum Gasteiger partial charge on any atom is 0.282 e. The number of hydrogen-bond donors (Lipinski definition) is 0. The average molecular weight is 366 g/mol. The Labute approximate surface area is 149 Å². The van der Waals surface area contributed by atoms with Gasteiger partial charge in [-0.3, -0.25) is 10.1 Å². The summed E-state index contributed by atoms with van der Waals surface area (Å²) in [5.41, 5.74) is 2.15. The number of halogens is 1. The van der Waals surface area contributed by atoms with Gasteiger partial charge in [-0.1, -0.05) is 23.7 Å². The van der Waals surface area contributed by atoms with Crippen molar-refractivity contribution in [3.05, 3.63) is 62.7 Å². The summed E-state index contributed by atoms with van der Waals surface area (Å²) >= 11 is 7.81. The first-order chi connectivity index (χ1) is 11.6. The molecule has 0 saturated carbocycles. The molecule has 2 aromatic carbocycles. The van der Waals surface area contributed by atoms with Crippen LogP contribution in [0.15, 0.2) is 41.3 Å². The molecule has 1 heterocycles. The van der Waals surface area contributed by atoms with Crippen LogP contribution >= 0.6 is 23.4 Å². The fraction of sp³-hybridized carbons (Fsp3) is 0.294. The van der Waals surface area contributed by atoms with E-state index in [0.717, 1.165) is 35.5 Å². The van der Waals surface area contributed by atoms with Crippen molar-refractivity contribution in [2.45, 2.75) is 24.3 Å². The molecule has 0 aromatic heterocycles. The third kappa shape index (κ3) is 4.01. The fourth-order valence-electron chi connectivity index (χ4n) is 2.51. The van der Waals surface area contributed by atoms with E-state index in [2.05, 4.69) is 0 Å². The average Bonchev–Trinajstić information content (AvgIpc) is 2.59. The molecule has 0 spiro atoms. The van der Waals surface area contributed by atoms with E-state index in [1.807, 2.05) is 18.2 Å². The molecule has 1 aliphatic heterocycles. The minimum Gasteiger partial charge on any atom is -0.467 e. The number of para-hydroxylation sites is 1. The van der Waals surface area contributed by atoms with Crippen LogP contribution in [0.1, 0.15) is 17.5 Å². The van der Waals surface area contributed by atoms with Gasteiger partial charge >= 0.3 is 0 Å². The number of nitrogens with zero attached hydrogens (tertiary/aromatic N) is 1. The van der Waals surface area contributed by atoms with Gasteiger partial charge in [-0.2, -0.15) is 0 Å². The predicted octanol–water partition coefficient (Wildman–Crippen LogP) is 4.84. The summed E-state index contributed by atoms with van der Waals surface area (Å²) in [5, 5.41) is 11.7. The van der Waals surface area contributed by atoms with Crippen molar-refractivity contribution in [3.8, 4) is 5.75 Å². The predicted molar refractivity (Wildman–Crippen MR) is 93.9 cm³/mol. The van der Waals surface area contributed by atoms with Crippen LogP contribution in [0.2, 0.25) is 5.02 Å². The molecule has 0 amide bonds. The standard InChI is InChI=1S/C17H16ClNO4S/c18-14-8-13-10-22-11-23-16(13)9-12(14)4-3-7-24-17-6-2-1-5-15(17)19(20)21/h1-2,5-6,8-9H,3-4,7,10-11H2. The highest BCUT2D eigenvalue weighted by atomic mass is 35.5. The van der Waals surface area contributed by atoms with Crippen LogP contribution < -0.4 is 4.74 Å². The van der Waals surface area contributed by atoms with Crippen LogP contribution in [0.4, 0.5) is 5.69 Å². The molecule has 0 fully saturated rings. The van der Waals surface area contributed by atoms with E-state index in [4.69, 9.17) is 21.1 Å². The lowest BCUT2D eigenvalue weighted by atomic mass is 10.1. The Morgan fingerprint density at radius 3 is 2.96 bits per heavy atom. The summed E-state index contributed by atoms with van der Waals surface area (Å²) in [4.78, 5) is 11.4. The second-order valence-corrected chi connectivity index (χ2v) is 6.88. The Kier molecular flexibility index (Phi) is 5.60. The molecule has 5 nitrogen and oxygen atoms in total. The highest BCUT2D eigenvalue weighted by molar-refractivity contribution is 7.99. The maximum absolute atomic E-state index is 11.0. The molecular formula is C17H16ClNO4S. The maximum atomic E-state index is 11.0. The quantitative estimate of drug-likeness (QED) is 0.317. The number of nitro groups is 1. The zero-order valence-corrected chi connectivity index (χ0v) is 14.4. The Balaban J connectivity index is 1.58. The zero-order chi connectivity index (χ0) is 16.9. The van der Waals surface area contributed by atoms with Crippen molar-refractivity contribution in [1.29, 1.82) is 0 Å². The van der Waals surface area contributed by atoms with Gasteiger partial charge in [0.15, 0.2) is 6.79 Å². The molecule has 0 saturated heterocycles. The molecule has 0 unspecified atom stereocenters. The van der Waals surface area contributed by atoms with Gasteiger partial charge in [0.2, 0.25) is 0 Å². The van der Waals surface area contributed by atoms with Crippen LogP contribution in [0.25, 0.3) is 0 Å². The first-order valence-corrected chi connectivity index (χ1v) is 8.89. The minimum absolute atomic E-state index is 0.155.